The zero-order valence-corrected chi connectivity index (χ0v) is 23.8. The number of piperidine rings is 2. The van der Waals surface area contributed by atoms with Gasteiger partial charge >= 0.3 is 0 Å². The molecule has 2 saturated heterocycles. The average molecular weight is 574 g/mol. The highest BCUT2D eigenvalue weighted by Gasteiger charge is 2.32. The van der Waals surface area contributed by atoms with Crippen LogP contribution in [0, 0.1) is 5.92 Å². The summed E-state index contributed by atoms with van der Waals surface area (Å²) in [5, 5.41) is 7.92. The predicted octanol–water partition coefficient (Wildman–Crippen LogP) is 4.82. The fourth-order valence-electron chi connectivity index (χ4n) is 5.68. The van der Waals surface area contributed by atoms with Gasteiger partial charge in [0.25, 0.3) is 0 Å². The Morgan fingerprint density at radius 1 is 1.08 bits per heavy atom. The van der Waals surface area contributed by atoms with Crippen LogP contribution in [0.15, 0.2) is 29.3 Å². The lowest BCUT2D eigenvalue weighted by Gasteiger charge is -2.39. The van der Waals surface area contributed by atoms with E-state index >= 15 is 0 Å². The lowest BCUT2D eigenvalue weighted by molar-refractivity contribution is 0.118. The molecular weight excluding hydrogens is 538 g/mol. The minimum Gasteiger partial charge on any atom is -0.495 e. The van der Waals surface area contributed by atoms with Crippen molar-refractivity contribution in [2.45, 2.75) is 55.9 Å². The fourth-order valence-corrected chi connectivity index (χ4v) is 7.40. The third kappa shape index (κ3) is 5.68. The van der Waals surface area contributed by atoms with Crippen LogP contribution in [0.5, 0.6) is 5.75 Å². The third-order valence-corrected chi connectivity index (χ3v) is 10.3. The first-order valence-corrected chi connectivity index (χ1v) is 15.7. The number of rotatable bonds is 9. The molecule has 0 bridgehead atoms. The molecule has 2 aromatic heterocycles. The summed E-state index contributed by atoms with van der Waals surface area (Å²) in [6, 6.07) is 5.38. The van der Waals surface area contributed by atoms with Crippen LogP contribution >= 0.6 is 11.6 Å². The maximum Gasteiger partial charge on any atom is 0.243 e. The van der Waals surface area contributed by atoms with E-state index in [-0.39, 0.29) is 4.90 Å². The van der Waals surface area contributed by atoms with Gasteiger partial charge in [0.05, 0.1) is 28.1 Å². The molecule has 12 heteroatoms. The SMILES string of the molecule is COc1cc(S(=O)(=O)N2CCC(N3CCCCC3)CC2)ccc1Nc1nc(NCC2CC2)c2c(Cl)c[nH]c2n1. The molecule has 2 aliphatic heterocycles. The summed E-state index contributed by atoms with van der Waals surface area (Å²) in [4.78, 5) is 15.1. The van der Waals surface area contributed by atoms with E-state index in [1.807, 2.05) is 0 Å². The number of anilines is 3. The van der Waals surface area contributed by atoms with Gasteiger partial charge in [-0.1, -0.05) is 18.0 Å². The number of likely N-dealkylation sites (tertiary alicyclic amines) is 1. The van der Waals surface area contributed by atoms with Crippen LogP contribution in [0.3, 0.4) is 0 Å². The lowest BCUT2D eigenvalue weighted by Crippen LogP contribution is -2.48. The summed E-state index contributed by atoms with van der Waals surface area (Å²) >= 11 is 6.39. The second-order valence-corrected chi connectivity index (χ2v) is 13.1. The van der Waals surface area contributed by atoms with E-state index in [2.05, 4.69) is 30.5 Å². The Hall–Kier alpha value is -2.60. The Morgan fingerprint density at radius 2 is 1.85 bits per heavy atom. The van der Waals surface area contributed by atoms with Gasteiger partial charge in [-0.2, -0.15) is 14.3 Å². The number of hydrogen-bond acceptors (Lipinski definition) is 8. The van der Waals surface area contributed by atoms with E-state index in [0.717, 1.165) is 37.9 Å². The van der Waals surface area contributed by atoms with Crippen LogP contribution in [0.1, 0.15) is 44.9 Å². The molecule has 3 aromatic rings. The zero-order chi connectivity index (χ0) is 27.0. The topological polar surface area (TPSA) is 115 Å². The second-order valence-electron chi connectivity index (χ2n) is 10.8. The molecular formula is C27H36ClN7O3S. The molecule has 0 amide bonds. The maximum absolute atomic E-state index is 13.5. The molecule has 10 nitrogen and oxygen atoms in total. The molecule has 3 aliphatic rings. The van der Waals surface area contributed by atoms with Gasteiger partial charge in [0.2, 0.25) is 16.0 Å². The molecule has 0 radical (unpaired) electrons. The number of nitrogens with zero attached hydrogens (tertiary/aromatic N) is 4. The van der Waals surface area contributed by atoms with Gasteiger partial charge in [0.15, 0.2) is 0 Å². The number of sulfonamides is 1. The van der Waals surface area contributed by atoms with Gasteiger partial charge in [-0.25, -0.2) is 8.42 Å². The molecule has 4 heterocycles. The van der Waals surface area contributed by atoms with Gasteiger partial charge in [0, 0.05) is 37.9 Å². The molecule has 3 N–H and O–H groups in total. The van der Waals surface area contributed by atoms with E-state index in [9.17, 15) is 8.42 Å². The molecule has 0 unspecified atom stereocenters. The number of halogens is 1. The molecule has 0 spiro atoms. The monoisotopic (exact) mass is 573 g/mol. The van der Waals surface area contributed by atoms with E-state index in [0.29, 0.717) is 58.9 Å². The molecule has 1 aromatic carbocycles. The Morgan fingerprint density at radius 3 is 2.56 bits per heavy atom. The number of aromatic amines is 1. The highest BCUT2D eigenvalue weighted by molar-refractivity contribution is 7.89. The van der Waals surface area contributed by atoms with Crippen molar-refractivity contribution >= 4 is 50.1 Å². The Labute approximate surface area is 234 Å². The molecule has 1 aliphatic carbocycles. The van der Waals surface area contributed by atoms with Crippen LogP contribution in [0.4, 0.5) is 17.5 Å². The number of hydrogen-bond donors (Lipinski definition) is 3. The van der Waals surface area contributed by atoms with E-state index < -0.39 is 10.0 Å². The zero-order valence-electron chi connectivity index (χ0n) is 22.2. The van der Waals surface area contributed by atoms with Crippen LogP contribution in [-0.2, 0) is 10.0 Å². The molecule has 1 saturated carbocycles. The summed E-state index contributed by atoms with van der Waals surface area (Å²) in [5.41, 5.74) is 1.19. The summed E-state index contributed by atoms with van der Waals surface area (Å²) in [6.45, 7) is 4.17. The number of ether oxygens (including phenoxy) is 1. The molecule has 3 fully saturated rings. The van der Waals surface area contributed by atoms with Crippen molar-refractivity contribution in [2.24, 2.45) is 5.92 Å². The maximum atomic E-state index is 13.5. The Balaban J connectivity index is 1.19. The highest BCUT2D eigenvalue weighted by atomic mass is 35.5. The number of fused-ring (bicyclic) bond motifs is 1. The van der Waals surface area contributed by atoms with Crippen molar-refractivity contribution in [3.63, 3.8) is 0 Å². The molecule has 210 valence electrons. The normalized spacial score (nSPS) is 19.8. The van der Waals surface area contributed by atoms with Gasteiger partial charge in [0.1, 0.15) is 17.2 Å². The summed E-state index contributed by atoms with van der Waals surface area (Å²) in [7, 11) is -2.11. The van der Waals surface area contributed by atoms with Crippen molar-refractivity contribution in [3.8, 4) is 5.75 Å². The first kappa shape index (κ1) is 26.6. The van der Waals surface area contributed by atoms with Gasteiger partial charge < -0.3 is 25.3 Å². The van der Waals surface area contributed by atoms with Crippen LogP contribution in [-0.4, -0.2) is 78.5 Å². The van der Waals surface area contributed by atoms with E-state index in [1.165, 1.54) is 39.2 Å². The highest BCUT2D eigenvalue weighted by Crippen LogP contribution is 2.35. The number of nitrogens with one attached hydrogen (secondary N) is 3. The van der Waals surface area contributed by atoms with Crippen molar-refractivity contribution in [3.05, 3.63) is 29.4 Å². The van der Waals surface area contributed by atoms with Gasteiger partial charge in [-0.15, -0.1) is 0 Å². The number of aromatic nitrogens is 3. The number of methoxy groups -OCH3 is 1. The van der Waals surface area contributed by atoms with E-state index in [4.69, 9.17) is 16.3 Å². The smallest absolute Gasteiger partial charge is 0.243 e. The predicted molar refractivity (Wildman–Crippen MR) is 154 cm³/mol. The quantitative estimate of drug-likeness (QED) is 0.333. The van der Waals surface area contributed by atoms with Crippen molar-refractivity contribution in [1.82, 2.24) is 24.2 Å². The minimum atomic E-state index is -3.63. The summed E-state index contributed by atoms with van der Waals surface area (Å²) in [5.74, 6) is 2.08. The van der Waals surface area contributed by atoms with Crippen molar-refractivity contribution in [1.29, 1.82) is 0 Å². The lowest BCUT2D eigenvalue weighted by atomic mass is 10.0. The van der Waals surface area contributed by atoms with Crippen molar-refractivity contribution in [2.75, 3.05) is 50.5 Å². The summed E-state index contributed by atoms with van der Waals surface area (Å²) < 4.78 is 34.2. The first-order valence-electron chi connectivity index (χ1n) is 13.9. The molecule has 0 atom stereocenters. The Kier molecular flexibility index (Phi) is 7.58. The van der Waals surface area contributed by atoms with Gasteiger partial charge in [-0.05, 0) is 69.7 Å². The van der Waals surface area contributed by atoms with Crippen molar-refractivity contribution < 1.29 is 13.2 Å². The molecule has 6 rings (SSSR count). The van der Waals surface area contributed by atoms with E-state index in [1.54, 1.807) is 28.7 Å². The first-order chi connectivity index (χ1) is 18.9. The standard InChI is InChI=1S/C27H36ClN7O3S/c1-38-23-15-20(39(36,37)35-13-9-19(10-14-35)34-11-3-2-4-12-34)7-8-22(23)31-27-32-25(29-16-18-5-6-18)24-21(28)17-30-26(24)33-27/h7-8,15,17-19H,2-6,9-14,16H2,1H3,(H3,29,30,31,32,33). The number of H-pyrrole nitrogens is 1. The second kappa shape index (κ2) is 11.1. The minimum absolute atomic E-state index is 0.223. The van der Waals surface area contributed by atoms with Crippen LogP contribution in [0.2, 0.25) is 5.02 Å². The molecule has 39 heavy (non-hydrogen) atoms. The Bertz CT molecular complexity index is 1430. The average Bonchev–Trinajstić information content (AvgIpc) is 3.73. The third-order valence-electron chi connectivity index (χ3n) is 8.13. The largest absolute Gasteiger partial charge is 0.495 e. The van der Waals surface area contributed by atoms with Gasteiger partial charge in [-0.3, -0.25) is 0 Å². The van der Waals surface area contributed by atoms with Crippen LogP contribution < -0.4 is 15.4 Å². The summed E-state index contributed by atoms with van der Waals surface area (Å²) in [6.07, 6.45) is 9.67. The van der Waals surface area contributed by atoms with Crippen LogP contribution in [0.25, 0.3) is 11.0 Å². The fraction of sp³-hybridized carbons (Fsp3) is 0.556. The number of benzene rings is 1.